The standard InChI is InChI=1S/C18H24N2O2/c1-12(2)19-18(21)17-13(3)9-14(4)20(17)11-15-7-6-8-16(10-15)22-5/h6-10,12H,11H2,1-5H3,(H,19,21). The molecular weight excluding hydrogens is 276 g/mol. The molecule has 1 aromatic heterocycles. The number of carbonyl (C=O) groups excluding carboxylic acids is 1. The first-order valence-electron chi connectivity index (χ1n) is 7.53. The molecule has 0 atom stereocenters. The maximum atomic E-state index is 12.5. The van der Waals surface area contributed by atoms with Crippen molar-refractivity contribution in [2.24, 2.45) is 0 Å². The van der Waals surface area contributed by atoms with Crippen LogP contribution in [0, 0.1) is 13.8 Å². The minimum atomic E-state index is -0.0245. The van der Waals surface area contributed by atoms with Crippen LogP contribution in [0.25, 0.3) is 0 Å². The van der Waals surface area contributed by atoms with E-state index < -0.39 is 0 Å². The Morgan fingerprint density at radius 3 is 2.64 bits per heavy atom. The normalized spacial score (nSPS) is 10.8. The molecule has 1 aromatic carbocycles. The number of benzene rings is 1. The molecule has 118 valence electrons. The Bertz CT molecular complexity index is 672. The van der Waals surface area contributed by atoms with Gasteiger partial charge in [0.1, 0.15) is 11.4 Å². The third-order valence-electron chi connectivity index (χ3n) is 3.60. The van der Waals surface area contributed by atoms with E-state index in [4.69, 9.17) is 4.74 Å². The molecule has 0 saturated heterocycles. The molecular formula is C18H24N2O2. The van der Waals surface area contributed by atoms with Gasteiger partial charge in [-0.1, -0.05) is 12.1 Å². The molecule has 1 N–H and O–H groups in total. The molecule has 2 rings (SSSR count). The molecule has 0 radical (unpaired) electrons. The van der Waals surface area contributed by atoms with Gasteiger partial charge in [-0.25, -0.2) is 0 Å². The number of hydrogen-bond donors (Lipinski definition) is 1. The molecule has 0 saturated carbocycles. The smallest absolute Gasteiger partial charge is 0.268 e. The zero-order chi connectivity index (χ0) is 16.3. The van der Waals surface area contributed by atoms with Gasteiger partial charge in [-0.15, -0.1) is 0 Å². The van der Waals surface area contributed by atoms with Gasteiger partial charge in [-0.3, -0.25) is 4.79 Å². The summed E-state index contributed by atoms with van der Waals surface area (Å²) in [5.41, 5.74) is 3.92. The van der Waals surface area contributed by atoms with Gasteiger partial charge in [0.15, 0.2) is 0 Å². The average Bonchev–Trinajstić information content (AvgIpc) is 2.72. The molecule has 0 aliphatic carbocycles. The molecule has 4 nitrogen and oxygen atoms in total. The number of amides is 1. The van der Waals surface area contributed by atoms with Crippen LogP contribution >= 0.6 is 0 Å². The Morgan fingerprint density at radius 2 is 2.00 bits per heavy atom. The zero-order valence-corrected chi connectivity index (χ0v) is 13.9. The van der Waals surface area contributed by atoms with Crippen molar-refractivity contribution in [3.05, 3.63) is 52.8 Å². The van der Waals surface area contributed by atoms with Crippen molar-refractivity contribution >= 4 is 5.91 Å². The van der Waals surface area contributed by atoms with E-state index >= 15 is 0 Å². The predicted octanol–water partition coefficient (Wildman–Crippen LogP) is 3.30. The lowest BCUT2D eigenvalue weighted by Crippen LogP contribution is -2.32. The topological polar surface area (TPSA) is 43.3 Å². The average molecular weight is 300 g/mol. The number of ether oxygens (including phenoxy) is 1. The molecule has 1 amide bonds. The fourth-order valence-electron chi connectivity index (χ4n) is 2.64. The summed E-state index contributed by atoms with van der Waals surface area (Å²) in [4.78, 5) is 12.5. The van der Waals surface area contributed by atoms with E-state index in [2.05, 4.69) is 16.0 Å². The molecule has 0 unspecified atom stereocenters. The van der Waals surface area contributed by atoms with Crippen LogP contribution in [-0.2, 0) is 6.54 Å². The number of hydrogen-bond acceptors (Lipinski definition) is 2. The summed E-state index contributed by atoms with van der Waals surface area (Å²) >= 11 is 0. The molecule has 0 aliphatic rings. The summed E-state index contributed by atoms with van der Waals surface area (Å²) in [6.07, 6.45) is 0. The van der Waals surface area contributed by atoms with Crippen LogP contribution in [0.3, 0.4) is 0 Å². The number of methoxy groups -OCH3 is 1. The first kappa shape index (κ1) is 16.1. The van der Waals surface area contributed by atoms with Crippen LogP contribution in [0.2, 0.25) is 0 Å². The fraction of sp³-hybridized carbons (Fsp3) is 0.389. The molecule has 0 spiro atoms. The fourth-order valence-corrected chi connectivity index (χ4v) is 2.64. The van der Waals surface area contributed by atoms with Crippen molar-refractivity contribution in [2.75, 3.05) is 7.11 Å². The third-order valence-corrected chi connectivity index (χ3v) is 3.60. The van der Waals surface area contributed by atoms with Crippen molar-refractivity contribution in [1.29, 1.82) is 0 Å². The van der Waals surface area contributed by atoms with Gasteiger partial charge in [0, 0.05) is 18.3 Å². The van der Waals surface area contributed by atoms with Crippen LogP contribution in [0.5, 0.6) is 5.75 Å². The lowest BCUT2D eigenvalue weighted by molar-refractivity contribution is 0.0933. The molecule has 0 aliphatic heterocycles. The van der Waals surface area contributed by atoms with Crippen molar-refractivity contribution in [1.82, 2.24) is 9.88 Å². The summed E-state index contributed by atoms with van der Waals surface area (Å²) in [6, 6.07) is 10.1. The van der Waals surface area contributed by atoms with Crippen molar-refractivity contribution in [3.63, 3.8) is 0 Å². The van der Waals surface area contributed by atoms with Crippen LogP contribution < -0.4 is 10.1 Å². The van der Waals surface area contributed by atoms with Gasteiger partial charge in [0.2, 0.25) is 0 Å². The highest BCUT2D eigenvalue weighted by Gasteiger charge is 2.18. The summed E-state index contributed by atoms with van der Waals surface area (Å²) in [5.74, 6) is 0.802. The maximum absolute atomic E-state index is 12.5. The lowest BCUT2D eigenvalue weighted by atomic mass is 10.2. The Balaban J connectivity index is 2.36. The molecule has 4 heteroatoms. The highest BCUT2D eigenvalue weighted by Crippen LogP contribution is 2.19. The lowest BCUT2D eigenvalue weighted by Gasteiger charge is -2.15. The minimum Gasteiger partial charge on any atom is -0.497 e. The summed E-state index contributed by atoms with van der Waals surface area (Å²) in [6.45, 7) is 8.59. The van der Waals surface area contributed by atoms with Gasteiger partial charge in [0.05, 0.1) is 7.11 Å². The van der Waals surface area contributed by atoms with E-state index in [0.29, 0.717) is 6.54 Å². The van der Waals surface area contributed by atoms with Crippen LogP contribution in [0.15, 0.2) is 30.3 Å². The highest BCUT2D eigenvalue weighted by molar-refractivity contribution is 5.94. The van der Waals surface area contributed by atoms with Gasteiger partial charge in [-0.2, -0.15) is 0 Å². The van der Waals surface area contributed by atoms with Crippen LogP contribution in [0.4, 0.5) is 0 Å². The molecule has 2 aromatic rings. The van der Waals surface area contributed by atoms with Crippen LogP contribution in [0.1, 0.15) is 41.2 Å². The van der Waals surface area contributed by atoms with Gasteiger partial charge >= 0.3 is 0 Å². The van der Waals surface area contributed by atoms with E-state index in [1.807, 2.05) is 52.0 Å². The molecule has 1 heterocycles. The second-order valence-corrected chi connectivity index (χ2v) is 5.88. The maximum Gasteiger partial charge on any atom is 0.268 e. The summed E-state index contributed by atoms with van der Waals surface area (Å²) < 4.78 is 7.33. The minimum absolute atomic E-state index is 0.0245. The second kappa shape index (κ2) is 6.69. The number of nitrogens with zero attached hydrogens (tertiary/aromatic N) is 1. The second-order valence-electron chi connectivity index (χ2n) is 5.88. The Kier molecular flexibility index (Phi) is 4.91. The predicted molar refractivity (Wildman–Crippen MR) is 88.6 cm³/mol. The highest BCUT2D eigenvalue weighted by atomic mass is 16.5. The van der Waals surface area contributed by atoms with E-state index in [9.17, 15) is 4.79 Å². The number of carbonyl (C=O) groups is 1. The first-order chi connectivity index (χ1) is 10.4. The molecule has 0 fully saturated rings. The Morgan fingerprint density at radius 1 is 1.27 bits per heavy atom. The number of aromatic nitrogens is 1. The monoisotopic (exact) mass is 300 g/mol. The molecule has 0 bridgehead atoms. The van der Waals surface area contributed by atoms with Crippen molar-refractivity contribution < 1.29 is 9.53 Å². The van der Waals surface area contributed by atoms with Crippen molar-refractivity contribution in [2.45, 2.75) is 40.3 Å². The number of rotatable bonds is 5. The quantitative estimate of drug-likeness (QED) is 0.920. The first-order valence-corrected chi connectivity index (χ1v) is 7.53. The van der Waals surface area contributed by atoms with E-state index in [1.165, 1.54) is 0 Å². The van der Waals surface area contributed by atoms with E-state index in [-0.39, 0.29) is 11.9 Å². The SMILES string of the molecule is COc1cccc(Cn2c(C)cc(C)c2C(=O)NC(C)C)c1. The van der Waals surface area contributed by atoms with E-state index in [0.717, 1.165) is 28.3 Å². The van der Waals surface area contributed by atoms with Crippen LogP contribution in [-0.4, -0.2) is 23.6 Å². The largest absolute Gasteiger partial charge is 0.497 e. The third kappa shape index (κ3) is 3.50. The van der Waals surface area contributed by atoms with Gasteiger partial charge < -0.3 is 14.6 Å². The summed E-state index contributed by atoms with van der Waals surface area (Å²) in [5, 5.41) is 2.98. The number of aryl methyl sites for hydroxylation is 2. The van der Waals surface area contributed by atoms with Gasteiger partial charge in [0.25, 0.3) is 5.91 Å². The Hall–Kier alpha value is -2.23. The van der Waals surface area contributed by atoms with Crippen molar-refractivity contribution in [3.8, 4) is 5.75 Å². The Labute approximate surface area is 132 Å². The number of nitrogens with one attached hydrogen (secondary N) is 1. The van der Waals surface area contributed by atoms with Gasteiger partial charge in [-0.05, 0) is 57.0 Å². The van der Waals surface area contributed by atoms with E-state index in [1.54, 1.807) is 7.11 Å². The summed E-state index contributed by atoms with van der Waals surface area (Å²) in [7, 11) is 1.66. The molecule has 22 heavy (non-hydrogen) atoms. The zero-order valence-electron chi connectivity index (χ0n) is 13.9.